The Morgan fingerprint density at radius 2 is 0.414 bits per heavy atom. The molecule has 0 saturated carbocycles. The second kappa shape index (κ2) is 50.7. The summed E-state index contributed by atoms with van der Waals surface area (Å²) in [6.45, 7) is 81.7. The third kappa shape index (κ3) is 33.0. The predicted octanol–water partition coefficient (Wildman–Crippen LogP) is 38.5. The predicted molar refractivity (Wildman–Crippen MR) is 625 cm³/mol. The number of hydrogen-bond donors (Lipinski definition) is 1. The van der Waals surface area contributed by atoms with Crippen LogP contribution in [0.2, 0.25) is 0 Å². The van der Waals surface area contributed by atoms with Crippen molar-refractivity contribution in [2.24, 2.45) is 0 Å². The van der Waals surface area contributed by atoms with Crippen LogP contribution in [0.5, 0.6) is 0 Å². The quantitative estimate of drug-likeness (QED) is 0.103. The SMILES string of the molecule is CC(C)(C)c1cc(-c2c3cc(C(C)(C)C)ccc3c(-c3ccc(-c4ccccn4)[n-]3)c3ccc(C(C)(C)C)cc23)cc(C(C)(C)C)c1.CC(C)(C)c1cc(-c2c3cc(C(C)(C)C)ccc3c(-c3ccc(-c4ccccn4)[nH]3)c3ccc(C(C)(C)C)cc23)cc(C(C)(C)C)c1.[CH2-]c1ccccc1.[CH2-]c1ccccc1.[CH2-]c1ccccc1.[CH2-]c1ccccc1.[CH2-]c1ccccc1.[CH2-]c1ccccc1.[CH2-]c1ccccc1.[Hf].[Zr+4]. The van der Waals surface area contributed by atoms with Crippen LogP contribution < -0.4 is 4.98 Å². The molecule has 0 aliphatic carbocycles. The molecule has 145 heavy (non-hydrogen) atoms. The number of rotatable bonds is 6. The summed E-state index contributed by atoms with van der Waals surface area (Å²) in [5.41, 5.74) is 31.9. The second-order valence-electron chi connectivity index (χ2n) is 45.5. The molecule has 15 aromatic carbocycles. The van der Waals surface area contributed by atoms with Crippen LogP contribution in [0.4, 0.5) is 0 Å². The van der Waals surface area contributed by atoms with E-state index in [0.717, 1.165) is 73.1 Å². The Bertz CT molecular complexity index is 6360. The van der Waals surface area contributed by atoms with Gasteiger partial charge in [0, 0.05) is 55.2 Å². The van der Waals surface area contributed by atoms with Gasteiger partial charge in [-0.15, -0.1) is 96.3 Å². The van der Waals surface area contributed by atoms with E-state index in [1.165, 1.54) is 121 Å². The first kappa shape index (κ1) is 116. The van der Waals surface area contributed by atoms with Crippen molar-refractivity contribution in [2.45, 2.75) is 209 Å². The van der Waals surface area contributed by atoms with Crippen molar-refractivity contribution < 1.29 is 52.0 Å². The molecule has 0 spiro atoms. The van der Waals surface area contributed by atoms with Gasteiger partial charge in [-0.3, -0.25) is 9.97 Å². The van der Waals surface area contributed by atoms with Crippen LogP contribution in [-0.4, -0.2) is 15.0 Å². The summed E-state index contributed by atoms with van der Waals surface area (Å²) in [7, 11) is 0. The van der Waals surface area contributed by atoms with E-state index in [-0.39, 0.29) is 95.4 Å². The summed E-state index contributed by atoms with van der Waals surface area (Å²) < 4.78 is 0. The minimum atomic E-state index is 0. The smallest absolute Gasteiger partial charge is 0.656 e. The molecule has 4 heterocycles. The Morgan fingerprint density at radius 3 is 0.634 bits per heavy atom. The van der Waals surface area contributed by atoms with Crippen molar-refractivity contribution in [3.8, 4) is 67.5 Å². The third-order valence-electron chi connectivity index (χ3n) is 25.2. The molecule has 0 fully saturated rings. The molecule has 6 heteroatoms. The molecule has 0 saturated heterocycles. The van der Waals surface area contributed by atoms with Gasteiger partial charge in [0.05, 0.1) is 11.4 Å². The number of benzene rings is 15. The Balaban J connectivity index is 0.000000217. The fourth-order valence-corrected chi connectivity index (χ4v) is 16.5. The van der Waals surface area contributed by atoms with E-state index in [9.17, 15) is 0 Å². The second-order valence-corrected chi connectivity index (χ2v) is 45.5. The summed E-state index contributed by atoms with van der Waals surface area (Å²) in [4.78, 5) is 18.2. The number of nitrogens with one attached hydrogen (secondary N) is 1. The zero-order valence-electron chi connectivity index (χ0n) is 90.8. The fourth-order valence-electron chi connectivity index (χ4n) is 16.5. The molecule has 0 radical (unpaired) electrons. The standard InChI is InChI=1S/C45H52N2.C45H51N2.7C7H7.Hf.Zr/c2*1-42(2,3)29-16-18-33-35(26-29)40(28-23-31(44(7,8)9)25-32(24-28)45(10,11)12)36-27-30(43(4,5)6)17-19-34(36)41(33)39-21-20-38(47-39)37-15-13-14-22-46-37;7*1-7-5-3-2-4-6-7;;/h13-27,47H,1-12H3;13-27H,1-12H3;7*2-6H,1H2;;/q;8*-1;;+4. The van der Waals surface area contributed by atoms with Crippen molar-refractivity contribution in [3.05, 3.63) is 526 Å². The molecule has 0 amide bonds. The molecule has 19 rings (SSSR count). The van der Waals surface area contributed by atoms with E-state index >= 15 is 0 Å². The molecule has 19 aromatic rings. The van der Waals surface area contributed by atoms with E-state index in [1.54, 1.807) is 0 Å². The molecule has 740 valence electrons. The van der Waals surface area contributed by atoms with Gasteiger partial charge in [-0.25, -0.2) is 0 Å². The number of fused-ring (bicyclic) bond motifs is 4. The zero-order valence-corrected chi connectivity index (χ0v) is 96.9. The molecular formula is C139H152HfN4Zr-4. The van der Waals surface area contributed by atoms with Gasteiger partial charge in [-0.1, -0.05) is 318 Å². The van der Waals surface area contributed by atoms with E-state index in [2.05, 4.69) is 369 Å². The Morgan fingerprint density at radius 1 is 0.193 bits per heavy atom. The van der Waals surface area contributed by atoms with Crippen LogP contribution in [0.1, 0.15) is 250 Å². The number of H-pyrrole nitrogens is 1. The van der Waals surface area contributed by atoms with Crippen molar-refractivity contribution in [1.29, 1.82) is 0 Å². The summed E-state index contributed by atoms with van der Waals surface area (Å²) in [5, 5.41) is 10.1. The minimum absolute atomic E-state index is 0. The fraction of sp³-hybridized carbons (Fsp3) is 0.230. The molecule has 0 aliphatic rings. The average Bonchev–Trinajstić information content (AvgIpc) is 1.54. The Kier molecular flexibility index (Phi) is 40.4. The van der Waals surface area contributed by atoms with Crippen molar-refractivity contribution in [1.82, 2.24) is 19.9 Å². The maximum Gasteiger partial charge on any atom is 4.00 e. The van der Waals surface area contributed by atoms with Crippen LogP contribution >= 0.6 is 0 Å². The van der Waals surface area contributed by atoms with Gasteiger partial charge in [0.1, 0.15) is 0 Å². The first-order valence-corrected chi connectivity index (χ1v) is 50.1. The topological polar surface area (TPSA) is 55.7 Å². The molecule has 0 unspecified atom stereocenters. The molecule has 0 atom stereocenters. The largest absolute Gasteiger partial charge is 4.00 e. The summed E-state index contributed by atoms with van der Waals surface area (Å²) >= 11 is 0. The molecule has 0 aliphatic heterocycles. The summed E-state index contributed by atoms with van der Waals surface area (Å²) in [5.74, 6) is 0. The molecular weight excluding hydrogens is 2000 g/mol. The van der Waals surface area contributed by atoms with E-state index in [4.69, 9.17) is 4.98 Å². The number of aromatic amines is 1. The van der Waals surface area contributed by atoms with Crippen molar-refractivity contribution in [3.63, 3.8) is 0 Å². The van der Waals surface area contributed by atoms with Crippen molar-refractivity contribution >= 4 is 43.1 Å². The van der Waals surface area contributed by atoms with Crippen LogP contribution in [0.25, 0.3) is 111 Å². The number of nitrogens with zero attached hydrogens (tertiary/aromatic N) is 3. The van der Waals surface area contributed by atoms with Gasteiger partial charge in [-0.2, -0.15) is 172 Å². The third-order valence-corrected chi connectivity index (χ3v) is 25.2. The van der Waals surface area contributed by atoms with Gasteiger partial charge in [0.15, 0.2) is 0 Å². The Hall–Kier alpha value is -13.0. The van der Waals surface area contributed by atoms with Crippen LogP contribution in [0.3, 0.4) is 0 Å². The zero-order chi connectivity index (χ0) is 104. The average molecular weight is 2150 g/mol. The summed E-state index contributed by atoms with van der Waals surface area (Å²) in [6, 6.07) is 133. The number of pyridine rings is 2. The van der Waals surface area contributed by atoms with E-state index in [1.807, 2.05) is 255 Å². The number of aromatic nitrogens is 4. The van der Waals surface area contributed by atoms with Crippen LogP contribution in [-0.2, 0) is 95.4 Å². The van der Waals surface area contributed by atoms with Gasteiger partial charge in [-0.05, 0) is 219 Å². The Labute approximate surface area is 910 Å². The van der Waals surface area contributed by atoms with Gasteiger partial charge in [0.2, 0.25) is 0 Å². The first-order valence-electron chi connectivity index (χ1n) is 50.1. The normalized spacial score (nSPS) is 11.4. The van der Waals surface area contributed by atoms with E-state index in [0.29, 0.717) is 0 Å². The molecule has 0 bridgehead atoms. The molecule has 1 N–H and O–H groups in total. The van der Waals surface area contributed by atoms with Gasteiger partial charge >= 0.3 is 26.2 Å². The van der Waals surface area contributed by atoms with E-state index < -0.39 is 0 Å². The minimum Gasteiger partial charge on any atom is -0.656 e. The van der Waals surface area contributed by atoms with Crippen LogP contribution in [0.15, 0.2) is 395 Å². The number of hydrogen-bond acceptors (Lipinski definition) is 2. The summed E-state index contributed by atoms with van der Waals surface area (Å²) in [6.07, 6.45) is 3.69. The first-order chi connectivity index (χ1) is 67.4. The van der Waals surface area contributed by atoms with Crippen LogP contribution in [0, 0.1) is 48.5 Å². The van der Waals surface area contributed by atoms with Gasteiger partial charge < -0.3 is 9.97 Å². The monoisotopic (exact) mass is 2150 g/mol. The maximum atomic E-state index is 5.23. The van der Waals surface area contributed by atoms with Crippen molar-refractivity contribution in [2.75, 3.05) is 0 Å². The van der Waals surface area contributed by atoms with Gasteiger partial charge in [0.25, 0.3) is 0 Å². The molecule has 4 aromatic heterocycles. The maximum absolute atomic E-state index is 5.23. The molecule has 4 nitrogen and oxygen atoms in total.